The average molecular weight is 580 g/mol. The number of aryl methyl sites for hydroxylation is 1. The fourth-order valence-corrected chi connectivity index (χ4v) is 2.49. The van der Waals surface area contributed by atoms with Gasteiger partial charge in [0.05, 0.1) is 7.11 Å². The van der Waals surface area contributed by atoms with Crippen molar-refractivity contribution in [3.05, 3.63) is 95.8 Å². The topological polar surface area (TPSA) is 47.9 Å². The molecule has 2 aromatic heterocycles. The van der Waals surface area contributed by atoms with Crippen LogP contribution in [0, 0.1) is 19.1 Å². The van der Waals surface area contributed by atoms with Crippen LogP contribution in [0.3, 0.4) is 0 Å². The van der Waals surface area contributed by atoms with Gasteiger partial charge in [0.15, 0.2) is 5.15 Å². The molecular formula is C23H18ClIrN3O-2. The van der Waals surface area contributed by atoms with Crippen molar-refractivity contribution in [3.63, 3.8) is 0 Å². The molecule has 0 aliphatic heterocycles. The largest absolute Gasteiger partial charge is 0.516 e. The number of halogens is 1. The molecule has 4 aromatic rings. The van der Waals surface area contributed by atoms with E-state index in [0.717, 1.165) is 33.8 Å². The molecule has 0 amide bonds. The Bertz CT molecular complexity index is 993. The molecule has 149 valence electrons. The fraction of sp³-hybridized carbons (Fsp3) is 0.0870. The molecule has 0 spiro atoms. The van der Waals surface area contributed by atoms with E-state index in [9.17, 15) is 0 Å². The number of pyridine rings is 1. The number of methoxy groups -OCH3 is 1. The standard InChI is InChI=1S/C12H10ClN2O.C11H8N.Ir/c1-8-6-11(14-15-12(8)13)9-4-3-5-10(7-9)16-2;1-2-6-10(7-3-1)11-8-4-5-9-12-11;/h3,5-7H,1-2H3;1-6,8-9H;/q2*-1;. The Morgan fingerprint density at radius 3 is 2.31 bits per heavy atom. The van der Waals surface area contributed by atoms with Crippen LogP contribution in [0.15, 0.2) is 72.9 Å². The van der Waals surface area contributed by atoms with E-state index in [0.29, 0.717) is 5.15 Å². The van der Waals surface area contributed by atoms with Crippen molar-refractivity contribution >= 4 is 11.6 Å². The molecule has 0 bridgehead atoms. The summed E-state index contributed by atoms with van der Waals surface area (Å²) in [5.74, 6) is 0.767. The first kappa shape index (κ1) is 22.7. The van der Waals surface area contributed by atoms with Crippen LogP contribution in [-0.2, 0) is 20.1 Å². The number of aromatic nitrogens is 3. The third-order valence-corrected chi connectivity index (χ3v) is 4.23. The molecule has 0 aliphatic rings. The SMILES string of the molecule is COc1cc[c-]c(-c2cc(C)c(Cl)nn2)c1.[Ir].[c-]1ccccc1-c1ccccn1. The van der Waals surface area contributed by atoms with E-state index in [1.54, 1.807) is 19.4 Å². The summed E-state index contributed by atoms with van der Waals surface area (Å²) in [5.41, 5.74) is 4.48. The smallest absolute Gasteiger partial charge is 0.152 e. The zero-order valence-corrected chi connectivity index (χ0v) is 19.0. The van der Waals surface area contributed by atoms with Crippen LogP contribution < -0.4 is 4.74 Å². The van der Waals surface area contributed by atoms with Gasteiger partial charge in [-0.1, -0.05) is 29.8 Å². The van der Waals surface area contributed by atoms with Crippen LogP contribution in [0.4, 0.5) is 0 Å². The van der Waals surface area contributed by atoms with Gasteiger partial charge >= 0.3 is 0 Å². The maximum Gasteiger partial charge on any atom is 0.152 e. The van der Waals surface area contributed by atoms with Crippen molar-refractivity contribution in [2.45, 2.75) is 6.92 Å². The molecule has 0 atom stereocenters. The van der Waals surface area contributed by atoms with Gasteiger partial charge in [0.2, 0.25) is 0 Å². The molecule has 4 rings (SSSR count). The Labute approximate surface area is 189 Å². The number of nitrogens with zero attached hydrogens (tertiary/aromatic N) is 3. The molecule has 4 nitrogen and oxygen atoms in total. The van der Waals surface area contributed by atoms with Gasteiger partial charge in [-0.15, -0.1) is 70.8 Å². The van der Waals surface area contributed by atoms with E-state index >= 15 is 0 Å². The Kier molecular flexibility index (Phi) is 8.94. The minimum atomic E-state index is 0. The minimum Gasteiger partial charge on any atom is -0.516 e. The Morgan fingerprint density at radius 1 is 0.862 bits per heavy atom. The van der Waals surface area contributed by atoms with Crippen LogP contribution in [0.1, 0.15) is 5.56 Å². The van der Waals surface area contributed by atoms with Crippen molar-refractivity contribution in [3.8, 4) is 28.3 Å². The first-order valence-electron chi connectivity index (χ1n) is 8.61. The van der Waals surface area contributed by atoms with E-state index < -0.39 is 0 Å². The van der Waals surface area contributed by atoms with Gasteiger partial charge in [-0.05, 0) is 24.2 Å². The average Bonchev–Trinajstić information content (AvgIpc) is 2.77. The van der Waals surface area contributed by atoms with Crippen molar-refractivity contribution in [2.24, 2.45) is 0 Å². The first-order valence-corrected chi connectivity index (χ1v) is 8.99. The molecule has 2 aromatic carbocycles. The summed E-state index contributed by atoms with van der Waals surface area (Å²) in [4.78, 5) is 4.22. The maximum atomic E-state index is 5.82. The number of rotatable bonds is 3. The summed E-state index contributed by atoms with van der Waals surface area (Å²) in [6.45, 7) is 1.89. The maximum absolute atomic E-state index is 5.82. The Hall–Kier alpha value is -2.59. The van der Waals surface area contributed by atoms with Gasteiger partial charge in [-0.2, -0.15) is 5.10 Å². The number of benzene rings is 2. The van der Waals surface area contributed by atoms with Gasteiger partial charge in [0.1, 0.15) is 0 Å². The van der Waals surface area contributed by atoms with E-state index in [4.69, 9.17) is 16.3 Å². The van der Waals surface area contributed by atoms with Gasteiger partial charge in [0, 0.05) is 37.7 Å². The summed E-state index contributed by atoms with van der Waals surface area (Å²) in [6, 6.07) is 27.3. The molecule has 0 N–H and O–H groups in total. The quantitative estimate of drug-likeness (QED) is 0.303. The van der Waals surface area contributed by atoms with Gasteiger partial charge in [-0.3, -0.25) is 0 Å². The summed E-state index contributed by atoms with van der Waals surface area (Å²) >= 11 is 5.82. The zero-order chi connectivity index (χ0) is 19.8. The van der Waals surface area contributed by atoms with E-state index in [1.807, 2.05) is 67.6 Å². The molecular weight excluding hydrogens is 562 g/mol. The third kappa shape index (κ3) is 6.46. The van der Waals surface area contributed by atoms with Crippen molar-refractivity contribution in [1.29, 1.82) is 0 Å². The van der Waals surface area contributed by atoms with Crippen molar-refractivity contribution < 1.29 is 24.8 Å². The van der Waals surface area contributed by atoms with E-state index in [-0.39, 0.29) is 20.1 Å². The minimum absolute atomic E-state index is 0. The second-order valence-corrected chi connectivity index (χ2v) is 6.19. The monoisotopic (exact) mass is 580 g/mol. The van der Waals surface area contributed by atoms with Gasteiger partial charge in [-0.25, -0.2) is 0 Å². The number of ether oxygens (including phenoxy) is 1. The molecule has 29 heavy (non-hydrogen) atoms. The van der Waals surface area contributed by atoms with Gasteiger partial charge < -0.3 is 9.72 Å². The Morgan fingerprint density at radius 2 is 1.66 bits per heavy atom. The molecule has 6 heteroatoms. The van der Waals surface area contributed by atoms with Crippen molar-refractivity contribution in [1.82, 2.24) is 15.2 Å². The van der Waals surface area contributed by atoms with Crippen LogP contribution in [-0.4, -0.2) is 22.3 Å². The predicted octanol–water partition coefficient (Wildman–Crippen LogP) is 5.46. The molecule has 0 saturated heterocycles. The van der Waals surface area contributed by atoms with Crippen LogP contribution in [0.25, 0.3) is 22.5 Å². The first-order chi connectivity index (χ1) is 13.7. The third-order valence-electron chi connectivity index (χ3n) is 3.86. The second-order valence-electron chi connectivity index (χ2n) is 5.84. The fourth-order valence-electron chi connectivity index (χ4n) is 2.40. The predicted molar refractivity (Wildman–Crippen MR) is 111 cm³/mol. The number of hydrogen-bond donors (Lipinski definition) is 0. The summed E-state index contributed by atoms with van der Waals surface area (Å²) in [5, 5.41) is 8.30. The molecule has 0 aliphatic carbocycles. The molecule has 2 heterocycles. The Balaban J connectivity index is 0.000000207. The van der Waals surface area contributed by atoms with Crippen LogP contribution in [0.2, 0.25) is 5.15 Å². The molecule has 1 radical (unpaired) electrons. The van der Waals surface area contributed by atoms with Crippen LogP contribution >= 0.6 is 11.6 Å². The summed E-state index contributed by atoms with van der Waals surface area (Å²) in [6.07, 6.45) is 1.79. The van der Waals surface area contributed by atoms with E-state index in [1.165, 1.54) is 0 Å². The normalized spacial score (nSPS) is 9.62. The second kappa shape index (κ2) is 11.4. The molecule has 0 saturated carbocycles. The molecule has 0 unspecified atom stereocenters. The summed E-state index contributed by atoms with van der Waals surface area (Å²) in [7, 11) is 1.62. The zero-order valence-electron chi connectivity index (χ0n) is 15.9. The van der Waals surface area contributed by atoms with Crippen LogP contribution in [0.5, 0.6) is 5.75 Å². The van der Waals surface area contributed by atoms with Crippen molar-refractivity contribution in [2.75, 3.05) is 7.11 Å². The summed E-state index contributed by atoms with van der Waals surface area (Å²) < 4.78 is 5.14. The number of hydrogen-bond acceptors (Lipinski definition) is 4. The van der Waals surface area contributed by atoms with Gasteiger partial charge in [0.25, 0.3) is 0 Å². The van der Waals surface area contributed by atoms with E-state index in [2.05, 4.69) is 27.3 Å². The molecule has 0 fully saturated rings.